The molecule has 2 fully saturated rings. The highest BCUT2D eigenvalue weighted by atomic mass is 127. The first kappa shape index (κ1) is 23.4. The van der Waals surface area contributed by atoms with Crippen LogP contribution in [0, 0.1) is 0 Å². The molecule has 0 aromatic heterocycles. The standard InChI is InChI=1S/C19H31N5O2S.HI/c1-20-19(21-7-8-22-13-15-27(25,26)16-14-22)24-11-9-23(10-12-24)17-18-5-3-2-4-6-18;/h2-6H,7-17H2,1H3,(H,20,21);1H. The second-order valence-corrected chi connectivity index (χ2v) is 9.52. The van der Waals surface area contributed by atoms with Crippen LogP contribution in [0.2, 0.25) is 0 Å². The minimum atomic E-state index is -2.81. The molecule has 0 atom stereocenters. The normalized spacial score (nSPS) is 21.2. The Bertz CT molecular complexity index is 707. The number of nitrogens with zero attached hydrogens (tertiary/aromatic N) is 4. The summed E-state index contributed by atoms with van der Waals surface area (Å²) in [6.45, 7) is 7.90. The molecule has 2 aliphatic heterocycles. The summed E-state index contributed by atoms with van der Waals surface area (Å²) < 4.78 is 23.0. The predicted molar refractivity (Wildman–Crippen MR) is 125 cm³/mol. The number of guanidine groups is 1. The van der Waals surface area contributed by atoms with Gasteiger partial charge in [0.2, 0.25) is 0 Å². The zero-order chi connectivity index (χ0) is 19.1. The van der Waals surface area contributed by atoms with E-state index in [1.54, 1.807) is 0 Å². The van der Waals surface area contributed by atoms with Crippen molar-refractivity contribution in [3.8, 4) is 0 Å². The van der Waals surface area contributed by atoms with E-state index < -0.39 is 9.84 Å². The number of hydrogen-bond acceptors (Lipinski definition) is 5. The molecule has 0 spiro atoms. The highest BCUT2D eigenvalue weighted by Crippen LogP contribution is 2.08. The maximum Gasteiger partial charge on any atom is 0.193 e. The van der Waals surface area contributed by atoms with Crippen LogP contribution in [-0.2, 0) is 16.4 Å². The Kier molecular flexibility index (Phi) is 9.45. The predicted octanol–water partition coefficient (Wildman–Crippen LogP) is 0.728. The summed E-state index contributed by atoms with van der Waals surface area (Å²) in [5.41, 5.74) is 1.36. The lowest BCUT2D eigenvalue weighted by atomic mass is 10.2. The van der Waals surface area contributed by atoms with E-state index in [0.717, 1.165) is 51.8 Å². The molecule has 0 radical (unpaired) electrons. The Labute approximate surface area is 186 Å². The summed E-state index contributed by atoms with van der Waals surface area (Å²) in [6.07, 6.45) is 0. The minimum absolute atomic E-state index is 0. The zero-order valence-electron chi connectivity index (χ0n) is 16.6. The van der Waals surface area contributed by atoms with E-state index >= 15 is 0 Å². The van der Waals surface area contributed by atoms with Crippen molar-refractivity contribution in [3.05, 3.63) is 35.9 Å². The van der Waals surface area contributed by atoms with Gasteiger partial charge in [0, 0.05) is 66.0 Å². The number of sulfone groups is 1. The van der Waals surface area contributed by atoms with Crippen molar-refractivity contribution in [3.63, 3.8) is 0 Å². The second kappa shape index (κ2) is 11.3. The minimum Gasteiger partial charge on any atom is -0.355 e. The third-order valence-corrected chi connectivity index (χ3v) is 6.89. The fraction of sp³-hybridized carbons (Fsp3) is 0.632. The maximum absolute atomic E-state index is 11.5. The lowest BCUT2D eigenvalue weighted by molar-refractivity contribution is 0.172. The number of benzene rings is 1. The van der Waals surface area contributed by atoms with Gasteiger partial charge in [0.1, 0.15) is 0 Å². The summed E-state index contributed by atoms with van der Waals surface area (Å²) in [6, 6.07) is 10.6. The fourth-order valence-corrected chi connectivity index (χ4v) is 4.87. The number of piperazine rings is 1. The molecular formula is C19H32IN5O2S. The van der Waals surface area contributed by atoms with E-state index in [1.807, 2.05) is 7.05 Å². The first-order chi connectivity index (χ1) is 13.1. The number of rotatable bonds is 5. The molecule has 1 aromatic rings. The van der Waals surface area contributed by atoms with Gasteiger partial charge in [-0.2, -0.15) is 0 Å². The van der Waals surface area contributed by atoms with Crippen LogP contribution in [0.25, 0.3) is 0 Å². The molecule has 0 bridgehead atoms. The average molecular weight is 521 g/mol. The van der Waals surface area contributed by atoms with Crippen molar-refractivity contribution in [1.82, 2.24) is 20.0 Å². The summed E-state index contributed by atoms with van der Waals surface area (Å²) in [4.78, 5) is 11.4. The average Bonchev–Trinajstić information content (AvgIpc) is 2.68. The molecule has 2 saturated heterocycles. The number of nitrogens with one attached hydrogen (secondary N) is 1. The van der Waals surface area contributed by atoms with Gasteiger partial charge >= 0.3 is 0 Å². The Morgan fingerprint density at radius 2 is 1.64 bits per heavy atom. The van der Waals surface area contributed by atoms with Gasteiger partial charge in [-0.15, -0.1) is 24.0 Å². The molecule has 0 unspecified atom stereocenters. The number of hydrogen-bond donors (Lipinski definition) is 1. The van der Waals surface area contributed by atoms with Crippen molar-refractivity contribution in [1.29, 1.82) is 0 Å². The quantitative estimate of drug-likeness (QED) is 0.350. The second-order valence-electron chi connectivity index (χ2n) is 7.22. The van der Waals surface area contributed by atoms with Gasteiger partial charge < -0.3 is 10.2 Å². The van der Waals surface area contributed by atoms with E-state index in [-0.39, 0.29) is 35.5 Å². The number of halogens is 1. The van der Waals surface area contributed by atoms with Crippen LogP contribution in [0.5, 0.6) is 0 Å². The molecule has 2 aliphatic rings. The molecule has 158 valence electrons. The summed E-state index contributed by atoms with van der Waals surface area (Å²) in [7, 11) is -0.980. The first-order valence-corrected chi connectivity index (χ1v) is 11.5. The molecule has 0 amide bonds. The van der Waals surface area contributed by atoms with Crippen LogP contribution >= 0.6 is 24.0 Å². The zero-order valence-corrected chi connectivity index (χ0v) is 19.7. The molecule has 0 saturated carbocycles. The van der Waals surface area contributed by atoms with Crippen LogP contribution in [0.3, 0.4) is 0 Å². The van der Waals surface area contributed by atoms with Crippen LogP contribution in [0.4, 0.5) is 0 Å². The van der Waals surface area contributed by atoms with Crippen LogP contribution < -0.4 is 5.32 Å². The SMILES string of the molecule is CN=C(NCCN1CCS(=O)(=O)CC1)N1CCN(Cc2ccccc2)CC1.I. The Morgan fingerprint density at radius 3 is 2.25 bits per heavy atom. The number of aliphatic imine (C=N–C) groups is 1. The molecule has 3 rings (SSSR count). The van der Waals surface area contributed by atoms with E-state index in [4.69, 9.17) is 0 Å². The van der Waals surface area contributed by atoms with Gasteiger partial charge in [-0.05, 0) is 5.56 Å². The molecular weight excluding hydrogens is 489 g/mol. The molecule has 9 heteroatoms. The van der Waals surface area contributed by atoms with E-state index in [1.165, 1.54) is 5.56 Å². The lowest BCUT2D eigenvalue weighted by Crippen LogP contribution is -2.53. The largest absolute Gasteiger partial charge is 0.355 e. The maximum atomic E-state index is 11.5. The highest BCUT2D eigenvalue weighted by molar-refractivity contribution is 14.0. The molecule has 28 heavy (non-hydrogen) atoms. The molecule has 0 aliphatic carbocycles. The fourth-order valence-electron chi connectivity index (χ4n) is 3.59. The smallest absolute Gasteiger partial charge is 0.193 e. The Morgan fingerprint density at radius 1 is 1.00 bits per heavy atom. The van der Waals surface area contributed by atoms with Gasteiger partial charge in [0.15, 0.2) is 15.8 Å². The van der Waals surface area contributed by atoms with E-state index in [2.05, 4.69) is 55.3 Å². The van der Waals surface area contributed by atoms with Crippen LogP contribution in [-0.4, -0.2) is 100.0 Å². The molecule has 7 nitrogen and oxygen atoms in total. The van der Waals surface area contributed by atoms with Crippen molar-refractivity contribution in [2.24, 2.45) is 4.99 Å². The Balaban J connectivity index is 0.00000280. The topological polar surface area (TPSA) is 68.2 Å². The summed E-state index contributed by atoms with van der Waals surface area (Å²) in [5, 5.41) is 3.44. The molecule has 1 N–H and O–H groups in total. The Hall–Kier alpha value is -0.910. The highest BCUT2D eigenvalue weighted by Gasteiger charge is 2.22. The summed E-state index contributed by atoms with van der Waals surface area (Å²) in [5.74, 6) is 1.51. The molecule has 1 aromatic carbocycles. The van der Waals surface area contributed by atoms with Crippen molar-refractivity contribution < 1.29 is 8.42 Å². The third kappa shape index (κ3) is 7.16. The van der Waals surface area contributed by atoms with Gasteiger partial charge in [-0.1, -0.05) is 30.3 Å². The van der Waals surface area contributed by atoms with Gasteiger partial charge in [0.05, 0.1) is 11.5 Å². The van der Waals surface area contributed by atoms with Crippen molar-refractivity contribution in [2.75, 3.05) is 70.9 Å². The summed E-state index contributed by atoms with van der Waals surface area (Å²) >= 11 is 0. The van der Waals surface area contributed by atoms with Crippen LogP contribution in [0.15, 0.2) is 35.3 Å². The molecule has 2 heterocycles. The van der Waals surface area contributed by atoms with Gasteiger partial charge in [-0.25, -0.2) is 8.42 Å². The van der Waals surface area contributed by atoms with Gasteiger partial charge in [0.25, 0.3) is 0 Å². The third-order valence-electron chi connectivity index (χ3n) is 5.28. The lowest BCUT2D eigenvalue weighted by Gasteiger charge is -2.36. The van der Waals surface area contributed by atoms with E-state index in [0.29, 0.717) is 13.1 Å². The van der Waals surface area contributed by atoms with Gasteiger partial charge in [-0.3, -0.25) is 14.8 Å². The monoisotopic (exact) mass is 521 g/mol. The van der Waals surface area contributed by atoms with Crippen LogP contribution in [0.1, 0.15) is 5.56 Å². The van der Waals surface area contributed by atoms with E-state index in [9.17, 15) is 8.42 Å². The van der Waals surface area contributed by atoms with Crippen molar-refractivity contribution in [2.45, 2.75) is 6.54 Å². The first-order valence-electron chi connectivity index (χ1n) is 9.70. The van der Waals surface area contributed by atoms with Crippen molar-refractivity contribution >= 4 is 39.8 Å².